The fourth-order valence-corrected chi connectivity index (χ4v) is 3.49. The third kappa shape index (κ3) is 2.52. The Bertz CT molecular complexity index is 639. The predicted molar refractivity (Wildman–Crippen MR) is 85.7 cm³/mol. The molecule has 0 saturated carbocycles. The number of hydrazine groups is 1. The van der Waals surface area contributed by atoms with Crippen LogP contribution in [0.4, 0.5) is 17.8 Å². The zero-order valence-corrected chi connectivity index (χ0v) is 13.2. The summed E-state index contributed by atoms with van der Waals surface area (Å²) in [5.41, 5.74) is 3.88. The van der Waals surface area contributed by atoms with Crippen molar-refractivity contribution >= 4 is 29.2 Å². The molecule has 8 heteroatoms. The number of nitrogen functional groups attached to an aromatic ring is 1. The number of anilines is 3. The average Bonchev–Trinajstić information content (AvgIpc) is 2.96. The van der Waals surface area contributed by atoms with Gasteiger partial charge in [-0.25, -0.2) is 5.84 Å². The van der Waals surface area contributed by atoms with Gasteiger partial charge < -0.3 is 9.80 Å². The predicted octanol–water partition coefficient (Wildman–Crippen LogP) is 1.41. The van der Waals surface area contributed by atoms with Crippen molar-refractivity contribution in [1.29, 1.82) is 0 Å². The van der Waals surface area contributed by atoms with E-state index in [0.29, 0.717) is 17.8 Å². The van der Waals surface area contributed by atoms with E-state index in [0.717, 1.165) is 13.0 Å². The average molecular weight is 305 g/mol. The Morgan fingerprint density at radius 3 is 2.90 bits per heavy atom. The molecule has 3 N–H and O–H groups in total. The molecule has 1 aliphatic rings. The van der Waals surface area contributed by atoms with E-state index in [1.807, 2.05) is 30.3 Å². The standard InChI is InChI=1S/C13H19N7S/c1-8-9-5-7-21-10(9)4-6-20(8)13-16-11(18-14)15-12(17-13)19(2)3/h5,7-8H,4,6,14H2,1-3H3,(H,15,16,17,18). The third-order valence-corrected chi connectivity index (χ3v) is 4.67. The first-order chi connectivity index (χ1) is 10.1. The van der Waals surface area contributed by atoms with Crippen LogP contribution in [0.3, 0.4) is 0 Å². The fraction of sp³-hybridized carbons (Fsp3) is 0.462. The highest BCUT2D eigenvalue weighted by Gasteiger charge is 2.27. The van der Waals surface area contributed by atoms with Crippen LogP contribution in [0.15, 0.2) is 11.4 Å². The zero-order chi connectivity index (χ0) is 15.0. The second-order valence-electron chi connectivity index (χ2n) is 5.22. The summed E-state index contributed by atoms with van der Waals surface area (Å²) in [4.78, 5) is 18.7. The van der Waals surface area contributed by atoms with Crippen LogP contribution in [0.5, 0.6) is 0 Å². The SMILES string of the molecule is CC1c2ccsc2CCN1c1nc(NN)nc(N(C)C)n1. The van der Waals surface area contributed by atoms with Gasteiger partial charge in [-0.2, -0.15) is 15.0 Å². The molecule has 1 aliphatic heterocycles. The first-order valence-electron chi connectivity index (χ1n) is 6.83. The molecule has 3 rings (SSSR count). The summed E-state index contributed by atoms with van der Waals surface area (Å²) >= 11 is 1.82. The van der Waals surface area contributed by atoms with E-state index in [1.165, 1.54) is 10.4 Å². The molecule has 0 fully saturated rings. The van der Waals surface area contributed by atoms with Gasteiger partial charge in [0.2, 0.25) is 17.8 Å². The molecular formula is C13H19N7S. The molecule has 21 heavy (non-hydrogen) atoms. The molecule has 0 amide bonds. The van der Waals surface area contributed by atoms with Gasteiger partial charge in [0.25, 0.3) is 0 Å². The Morgan fingerprint density at radius 2 is 2.19 bits per heavy atom. The summed E-state index contributed by atoms with van der Waals surface area (Å²) in [5, 5.41) is 2.15. The first-order valence-corrected chi connectivity index (χ1v) is 7.71. The summed E-state index contributed by atoms with van der Waals surface area (Å²) in [5.74, 6) is 7.11. The van der Waals surface area contributed by atoms with Gasteiger partial charge in [0, 0.05) is 25.5 Å². The summed E-state index contributed by atoms with van der Waals surface area (Å²) < 4.78 is 0. The van der Waals surface area contributed by atoms with Gasteiger partial charge in [-0.15, -0.1) is 11.3 Å². The lowest BCUT2D eigenvalue weighted by atomic mass is 10.0. The van der Waals surface area contributed by atoms with Gasteiger partial charge in [-0.05, 0) is 30.4 Å². The second kappa shape index (κ2) is 5.45. The number of fused-ring (bicyclic) bond motifs is 1. The van der Waals surface area contributed by atoms with Crippen molar-refractivity contribution in [2.75, 3.05) is 35.9 Å². The lowest BCUT2D eigenvalue weighted by Gasteiger charge is -2.34. The molecule has 0 aliphatic carbocycles. The minimum Gasteiger partial charge on any atom is -0.347 e. The van der Waals surface area contributed by atoms with Crippen LogP contribution in [0, 0.1) is 0 Å². The number of nitrogens with two attached hydrogens (primary N) is 1. The molecule has 0 aromatic carbocycles. The number of nitrogens with zero attached hydrogens (tertiary/aromatic N) is 5. The van der Waals surface area contributed by atoms with E-state index in [2.05, 4.69) is 43.6 Å². The van der Waals surface area contributed by atoms with Gasteiger partial charge in [-0.1, -0.05) is 0 Å². The Kier molecular flexibility index (Phi) is 3.64. The van der Waals surface area contributed by atoms with E-state index in [4.69, 9.17) is 5.84 Å². The van der Waals surface area contributed by atoms with Gasteiger partial charge in [0.15, 0.2) is 0 Å². The van der Waals surface area contributed by atoms with Crippen LogP contribution >= 0.6 is 11.3 Å². The summed E-state index contributed by atoms with van der Waals surface area (Å²) in [6.07, 6.45) is 1.02. The smallest absolute Gasteiger partial charge is 0.243 e. The van der Waals surface area contributed by atoms with Crippen molar-refractivity contribution in [2.24, 2.45) is 5.84 Å². The number of hydrogen-bond donors (Lipinski definition) is 2. The van der Waals surface area contributed by atoms with Gasteiger partial charge >= 0.3 is 0 Å². The molecular weight excluding hydrogens is 286 g/mol. The van der Waals surface area contributed by atoms with E-state index < -0.39 is 0 Å². The Balaban J connectivity index is 1.99. The van der Waals surface area contributed by atoms with Gasteiger partial charge in [0.1, 0.15) is 0 Å². The molecule has 7 nitrogen and oxygen atoms in total. The third-order valence-electron chi connectivity index (χ3n) is 3.68. The topological polar surface area (TPSA) is 83.2 Å². The van der Waals surface area contributed by atoms with Crippen LogP contribution in [0.2, 0.25) is 0 Å². The highest BCUT2D eigenvalue weighted by Crippen LogP contribution is 2.35. The molecule has 1 unspecified atom stereocenters. The number of hydrogen-bond acceptors (Lipinski definition) is 8. The van der Waals surface area contributed by atoms with Crippen molar-refractivity contribution < 1.29 is 0 Å². The molecule has 0 bridgehead atoms. The Labute approximate surface area is 127 Å². The molecule has 1 atom stereocenters. The van der Waals surface area contributed by atoms with Crippen molar-refractivity contribution in [3.8, 4) is 0 Å². The maximum absolute atomic E-state index is 5.47. The minimum atomic E-state index is 0.253. The molecule has 2 aromatic heterocycles. The van der Waals surface area contributed by atoms with Crippen LogP contribution < -0.4 is 21.1 Å². The van der Waals surface area contributed by atoms with E-state index in [-0.39, 0.29) is 6.04 Å². The monoisotopic (exact) mass is 305 g/mol. The molecule has 2 aromatic rings. The summed E-state index contributed by atoms with van der Waals surface area (Å²) in [6, 6.07) is 2.44. The highest BCUT2D eigenvalue weighted by atomic mass is 32.1. The highest BCUT2D eigenvalue weighted by molar-refractivity contribution is 7.10. The van der Waals surface area contributed by atoms with Crippen LogP contribution in [0.1, 0.15) is 23.4 Å². The summed E-state index contributed by atoms with van der Waals surface area (Å²) in [6.45, 7) is 3.08. The van der Waals surface area contributed by atoms with Crippen LogP contribution in [-0.2, 0) is 6.42 Å². The number of rotatable bonds is 3. The number of nitrogens with one attached hydrogen (secondary N) is 1. The number of thiophene rings is 1. The quantitative estimate of drug-likeness (QED) is 0.655. The largest absolute Gasteiger partial charge is 0.347 e. The second-order valence-corrected chi connectivity index (χ2v) is 6.22. The minimum absolute atomic E-state index is 0.253. The normalized spacial score (nSPS) is 17.5. The van der Waals surface area contributed by atoms with Gasteiger partial charge in [-0.3, -0.25) is 5.43 Å². The molecule has 0 spiro atoms. The molecule has 0 saturated heterocycles. The van der Waals surface area contributed by atoms with Crippen LogP contribution in [0.25, 0.3) is 0 Å². The van der Waals surface area contributed by atoms with E-state index in [1.54, 1.807) is 0 Å². The lowest BCUT2D eigenvalue weighted by Crippen LogP contribution is -2.35. The summed E-state index contributed by atoms with van der Waals surface area (Å²) in [7, 11) is 3.80. The van der Waals surface area contributed by atoms with E-state index >= 15 is 0 Å². The van der Waals surface area contributed by atoms with E-state index in [9.17, 15) is 0 Å². The fourth-order valence-electron chi connectivity index (χ4n) is 2.53. The maximum Gasteiger partial charge on any atom is 0.243 e. The van der Waals surface area contributed by atoms with Crippen molar-refractivity contribution in [3.05, 3.63) is 21.9 Å². The van der Waals surface area contributed by atoms with Crippen LogP contribution in [-0.4, -0.2) is 35.6 Å². The molecule has 0 radical (unpaired) electrons. The van der Waals surface area contributed by atoms with Crippen molar-refractivity contribution in [2.45, 2.75) is 19.4 Å². The Morgan fingerprint density at radius 1 is 1.38 bits per heavy atom. The maximum atomic E-state index is 5.47. The van der Waals surface area contributed by atoms with Gasteiger partial charge in [0.05, 0.1) is 6.04 Å². The molecule has 112 valence electrons. The van der Waals surface area contributed by atoms with Crippen molar-refractivity contribution in [1.82, 2.24) is 15.0 Å². The Hall–Kier alpha value is -1.93. The zero-order valence-electron chi connectivity index (χ0n) is 12.4. The lowest BCUT2D eigenvalue weighted by molar-refractivity contribution is 0.614. The molecule has 3 heterocycles. The number of aromatic nitrogens is 3. The van der Waals surface area contributed by atoms with Crippen molar-refractivity contribution in [3.63, 3.8) is 0 Å². The first kappa shape index (κ1) is 14.0.